The fourth-order valence-corrected chi connectivity index (χ4v) is 4.76. The van der Waals surface area contributed by atoms with Gasteiger partial charge in [-0.25, -0.2) is 9.97 Å². The van der Waals surface area contributed by atoms with Crippen molar-refractivity contribution in [3.05, 3.63) is 69.1 Å². The summed E-state index contributed by atoms with van der Waals surface area (Å²) in [5.74, 6) is 1.16. The van der Waals surface area contributed by atoms with Crippen molar-refractivity contribution < 1.29 is 17.9 Å². The second kappa shape index (κ2) is 9.31. The summed E-state index contributed by atoms with van der Waals surface area (Å²) in [5.41, 5.74) is 8.15. The van der Waals surface area contributed by atoms with E-state index >= 15 is 0 Å². The van der Waals surface area contributed by atoms with Crippen LogP contribution in [-0.4, -0.2) is 25.5 Å². The molecule has 4 rings (SSSR count). The van der Waals surface area contributed by atoms with Gasteiger partial charge in [0.15, 0.2) is 5.82 Å². The zero-order valence-electron chi connectivity index (χ0n) is 19.3. The van der Waals surface area contributed by atoms with Gasteiger partial charge in [-0.3, -0.25) is 9.38 Å². The van der Waals surface area contributed by atoms with Crippen LogP contribution in [-0.2, 0) is 6.18 Å². The van der Waals surface area contributed by atoms with Crippen LogP contribution in [0.5, 0.6) is 5.75 Å². The van der Waals surface area contributed by atoms with E-state index in [1.165, 1.54) is 12.3 Å². The van der Waals surface area contributed by atoms with Crippen LogP contribution < -0.4 is 10.5 Å². The maximum absolute atomic E-state index is 13.1. The highest BCUT2D eigenvalue weighted by atomic mass is 79.9. The molecule has 0 radical (unpaired) electrons. The zero-order valence-corrected chi connectivity index (χ0v) is 21.6. The molecule has 1 atom stereocenters. The summed E-state index contributed by atoms with van der Waals surface area (Å²) >= 11 is 10.1. The minimum atomic E-state index is -4.54. The first-order valence-corrected chi connectivity index (χ1v) is 11.9. The van der Waals surface area contributed by atoms with Crippen molar-refractivity contribution in [2.45, 2.75) is 45.9 Å². The number of ether oxygens (including phenoxy) is 1. The third kappa shape index (κ3) is 4.69. The molecule has 0 aliphatic heterocycles. The number of benzene rings is 1. The van der Waals surface area contributed by atoms with E-state index in [9.17, 15) is 13.2 Å². The van der Waals surface area contributed by atoms with Crippen LogP contribution in [0.2, 0.25) is 5.02 Å². The molecule has 184 valence electrons. The molecule has 2 N–H and O–H groups in total. The number of nitrogen functional groups attached to an aromatic ring is 1. The fraction of sp³-hybridized carbons (Fsp3) is 0.292. The lowest BCUT2D eigenvalue weighted by molar-refractivity contribution is -0.141. The number of aromatic nitrogens is 4. The van der Waals surface area contributed by atoms with Gasteiger partial charge in [0.05, 0.1) is 6.10 Å². The molecule has 1 aromatic carbocycles. The van der Waals surface area contributed by atoms with Gasteiger partial charge >= 0.3 is 6.18 Å². The van der Waals surface area contributed by atoms with Gasteiger partial charge in [-0.05, 0) is 54.4 Å². The first-order chi connectivity index (χ1) is 16.4. The van der Waals surface area contributed by atoms with E-state index in [4.69, 9.17) is 22.1 Å². The van der Waals surface area contributed by atoms with Crippen molar-refractivity contribution in [3.63, 3.8) is 0 Å². The average molecular weight is 569 g/mol. The average Bonchev–Trinajstić information content (AvgIpc) is 3.13. The summed E-state index contributed by atoms with van der Waals surface area (Å²) in [6.45, 7) is 7.49. The maximum atomic E-state index is 13.1. The molecule has 0 spiro atoms. The quantitative estimate of drug-likeness (QED) is 0.279. The van der Waals surface area contributed by atoms with Crippen molar-refractivity contribution in [3.8, 4) is 16.9 Å². The molecule has 3 aromatic heterocycles. The summed E-state index contributed by atoms with van der Waals surface area (Å²) < 4.78 is 47.9. The Balaban J connectivity index is 1.95. The van der Waals surface area contributed by atoms with Crippen LogP contribution >= 0.6 is 27.5 Å². The van der Waals surface area contributed by atoms with Crippen molar-refractivity contribution >= 4 is 38.9 Å². The number of rotatable bonds is 5. The first kappa shape index (κ1) is 25.2. The van der Waals surface area contributed by atoms with Crippen LogP contribution in [0, 0.1) is 6.92 Å². The Morgan fingerprint density at radius 1 is 1.17 bits per heavy atom. The second-order valence-corrected chi connectivity index (χ2v) is 9.55. The lowest BCUT2D eigenvalue weighted by atomic mass is 9.91. The molecular formula is C24H22BrClF3N5O. The Hall–Kier alpha value is -2.85. The standard InChI is InChI=1S/C24H22BrClF3N5O/c1-11(2)35-20-15(12(3)23-33-21(25)19-22(30)31-7-8-34(19)23)9-16(26)13(4)18(20)14-5-6-17(32-10-14)24(27,28)29/h5-12H,1-4H3,(H2,30,31)/t12-/m0/s1. The highest BCUT2D eigenvalue weighted by molar-refractivity contribution is 9.10. The lowest BCUT2D eigenvalue weighted by Crippen LogP contribution is -2.13. The van der Waals surface area contributed by atoms with E-state index in [1.54, 1.807) is 25.4 Å². The molecule has 0 unspecified atom stereocenters. The molecule has 0 saturated carbocycles. The van der Waals surface area contributed by atoms with E-state index in [-0.39, 0.29) is 12.0 Å². The molecule has 0 saturated heterocycles. The summed E-state index contributed by atoms with van der Waals surface area (Å²) in [6.07, 6.45) is -0.220. The van der Waals surface area contributed by atoms with Crippen LogP contribution in [0.25, 0.3) is 16.6 Å². The summed E-state index contributed by atoms with van der Waals surface area (Å²) in [4.78, 5) is 12.4. The fourth-order valence-electron chi connectivity index (χ4n) is 3.97. The van der Waals surface area contributed by atoms with Gasteiger partial charge in [-0.15, -0.1) is 0 Å². The van der Waals surface area contributed by atoms with Crippen LogP contribution in [0.1, 0.15) is 49.3 Å². The number of hydrogen-bond acceptors (Lipinski definition) is 5. The number of nitrogens with zero attached hydrogens (tertiary/aromatic N) is 4. The monoisotopic (exact) mass is 567 g/mol. The summed E-state index contributed by atoms with van der Waals surface area (Å²) in [5, 5.41) is 0.443. The maximum Gasteiger partial charge on any atom is 0.433 e. The Morgan fingerprint density at radius 3 is 2.49 bits per heavy atom. The Kier molecular flexibility index (Phi) is 6.72. The van der Waals surface area contributed by atoms with Gasteiger partial charge in [-0.1, -0.05) is 24.6 Å². The molecule has 0 fully saturated rings. The zero-order chi connectivity index (χ0) is 25.7. The summed E-state index contributed by atoms with van der Waals surface area (Å²) in [6, 6.07) is 4.14. The van der Waals surface area contributed by atoms with Crippen LogP contribution in [0.4, 0.5) is 19.0 Å². The molecular weight excluding hydrogens is 547 g/mol. The number of pyridine rings is 1. The van der Waals surface area contributed by atoms with E-state index in [0.717, 1.165) is 11.6 Å². The first-order valence-electron chi connectivity index (χ1n) is 10.7. The molecule has 0 bridgehead atoms. The molecule has 35 heavy (non-hydrogen) atoms. The van der Waals surface area contributed by atoms with E-state index in [2.05, 4.69) is 30.9 Å². The van der Waals surface area contributed by atoms with Gasteiger partial charge in [0.2, 0.25) is 0 Å². The Bertz CT molecular complexity index is 1400. The molecule has 4 aromatic rings. The molecule has 0 aliphatic rings. The predicted molar refractivity (Wildman–Crippen MR) is 133 cm³/mol. The molecule has 0 aliphatic carbocycles. The minimum Gasteiger partial charge on any atom is -0.490 e. The van der Waals surface area contributed by atoms with E-state index in [1.807, 2.05) is 25.2 Å². The van der Waals surface area contributed by atoms with Crippen LogP contribution in [0.3, 0.4) is 0 Å². The number of nitrogens with two attached hydrogens (primary N) is 1. The number of hydrogen-bond donors (Lipinski definition) is 1. The minimum absolute atomic E-state index is 0.216. The molecule has 3 heterocycles. The molecule has 11 heteroatoms. The number of fused-ring (bicyclic) bond motifs is 1. The topological polar surface area (TPSA) is 78.3 Å². The summed E-state index contributed by atoms with van der Waals surface area (Å²) in [7, 11) is 0. The highest BCUT2D eigenvalue weighted by Crippen LogP contribution is 2.45. The SMILES string of the molecule is Cc1c(Cl)cc([C@H](C)c2nc(Br)c3c(N)nccn23)c(OC(C)C)c1-c1ccc(C(F)(F)F)nc1. The second-order valence-electron chi connectivity index (χ2n) is 8.39. The number of imidazole rings is 1. The third-order valence-corrected chi connectivity index (χ3v) is 6.57. The van der Waals surface area contributed by atoms with Gasteiger partial charge in [0, 0.05) is 46.2 Å². The van der Waals surface area contributed by atoms with Crippen molar-refractivity contribution in [1.29, 1.82) is 0 Å². The van der Waals surface area contributed by atoms with Gasteiger partial charge < -0.3 is 10.5 Å². The Morgan fingerprint density at radius 2 is 1.89 bits per heavy atom. The van der Waals surface area contributed by atoms with Gasteiger partial charge in [0.25, 0.3) is 0 Å². The number of alkyl halides is 3. The molecule has 0 amide bonds. The highest BCUT2D eigenvalue weighted by Gasteiger charge is 2.33. The smallest absolute Gasteiger partial charge is 0.433 e. The van der Waals surface area contributed by atoms with E-state index < -0.39 is 11.9 Å². The number of anilines is 1. The third-order valence-electron chi connectivity index (χ3n) is 5.62. The number of halogens is 5. The molecule has 6 nitrogen and oxygen atoms in total. The van der Waals surface area contributed by atoms with Gasteiger partial charge in [-0.2, -0.15) is 13.2 Å². The van der Waals surface area contributed by atoms with Crippen LogP contribution in [0.15, 0.2) is 41.4 Å². The van der Waals surface area contributed by atoms with Gasteiger partial charge in [0.1, 0.15) is 27.4 Å². The lowest BCUT2D eigenvalue weighted by Gasteiger charge is -2.24. The predicted octanol–water partition coefficient (Wildman–Crippen LogP) is 7.06. The normalized spacial score (nSPS) is 13.0. The largest absolute Gasteiger partial charge is 0.490 e. The Labute approximate surface area is 213 Å². The van der Waals surface area contributed by atoms with Crippen molar-refractivity contribution in [2.24, 2.45) is 0 Å². The van der Waals surface area contributed by atoms with E-state index in [0.29, 0.717) is 49.2 Å². The van der Waals surface area contributed by atoms with Crippen molar-refractivity contribution in [1.82, 2.24) is 19.4 Å². The van der Waals surface area contributed by atoms with Crippen molar-refractivity contribution in [2.75, 3.05) is 5.73 Å².